The van der Waals surface area contributed by atoms with Crippen LogP contribution in [0.4, 0.5) is 0 Å². The van der Waals surface area contributed by atoms with Gasteiger partial charge >= 0.3 is 0 Å². The van der Waals surface area contributed by atoms with Crippen molar-refractivity contribution in [1.29, 1.82) is 0 Å². The standard InChI is InChI=1S/C14H20ClN4OP/c15-13-16-7-10-6-11(8-20)19(12(10)18-13)14(9-17-21)4-2-1-3-5-14/h6-7,17,20H,1-5,8-9,21H2. The minimum Gasteiger partial charge on any atom is -0.390 e. The number of hydrogen-bond acceptors (Lipinski definition) is 4. The van der Waals surface area contributed by atoms with Gasteiger partial charge in [-0.05, 0) is 30.5 Å². The fourth-order valence-corrected chi connectivity index (χ4v) is 4.06. The number of hydrogen-bond donors (Lipinski definition) is 2. The van der Waals surface area contributed by atoms with Crippen molar-refractivity contribution >= 4 is 32.0 Å². The summed E-state index contributed by atoms with van der Waals surface area (Å²) in [7, 11) is 2.58. The molecule has 1 unspecified atom stereocenters. The molecule has 2 aromatic rings. The van der Waals surface area contributed by atoms with Gasteiger partial charge in [0, 0.05) is 23.8 Å². The van der Waals surface area contributed by atoms with Crippen LogP contribution >= 0.6 is 21.0 Å². The van der Waals surface area contributed by atoms with Crippen LogP contribution in [-0.2, 0) is 12.1 Å². The second-order valence-electron chi connectivity index (χ2n) is 5.71. The average molecular weight is 327 g/mol. The van der Waals surface area contributed by atoms with Gasteiger partial charge in [0.1, 0.15) is 5.65 Å². The predicted molar refractivity (Wildman–Crippen MR) is 87.2 cm³/mol. The van der Waals surface area contributed by atoms with Gasteiger partial charge in [0.05, 0.1) is 12.1 Å². The number of rotatable bonds is 4. The van der Waals surface area contributed by atoms with Crippen LogP contribution in [0, 0.1) is 0 Å². The molecule has 21 heavy (non-hydrogen) atoms. The van der Waals surface area contributed by atoms with E-state index in [4.69, 9.17) is 11.6 Å². The van der Waals surface area contributed by atoms with Crippen LogP contribution in [0.25, 0.3) is 11.0 Å². The maximum atomic E-state index is 9.77. The molecule has 7 heteroatoms. The third-order valence-electron chi connectivity index (χ3n) is 4.44. The van der Waals surface area contributed by atoms with E-state index in [1.54, 1.807) is 6.20 Å². The molecule has 1 atom stereocenters. The molecule has 0 spiro atoms. The van der Waals surface area contributed by atoms with Crippen molar-refractivity contribution in [2.24, 2.45) is 0 Å². The first-order valence-electron chi connectivity index (χ1n) is 7.28. The van der Waals surface area contributed by atoms with E-state index >= 15 is 0 Å². The molecule has 3 rings (SSSR count). The molecule has 0 aromatic carbocycles. The highest BCUT2D eigenvalue weighted by Gasteiger charge is 2.36. The van der Waals surface area contributed by atoms with E-state index in [-0.39, 0.29) is 17.4 Å². The van der Waals surface area contributed by atoms with Crippen LogP contribution < -0.4 is 5.09 Å². The molecule has 2 heterocycles. The number of halogens is 1. The van der Waals surface area contributed by atoms with Crippen molar-refractivity contribution in [3.63, 3.8) is 0 Å². The summed E-state index contributed by atoms with van der Waals surface area (Å²) < 4.78 is 2.19. The summed E-state index contributed by atoms with van der Waals surface area (Å²) in [6.45, 7) is 0.822. The van der Waals surface area contributed by atoms with Crippen molar-refractivity contribution in [2.75, 3.05) is 6.54 Å². The molecule has 2 N–H and O–H groups in total. The highest BCUT2D eigenvalue weighted by atomic mass is 35.5. The van der Waals surface area contributed by atoms with Gasteiger partial charge in [0.2, 0.25) is 5.28 Å². The number of aromatic nitrogens is 3. The van der Waals surface area contributed by atoms with Gasteiger partial charge in [-0.15, -0.1) is 0 Å². The Morgan fingerprint density at radius 3 is 2.81 bits per heavy atom. The first kappa shape index (κ1) is 15.2. The average Bonchev–Trinajstić information content (AvgIpc) is 2.86. The van der Waals surface area contributed by atoms with Gasteiger partial charge in [-0.3, -0.25) is 5.09 Å². The van der Waals surface area contributed by atoms with E-state index in [1.165, 1.54) is 19.3 Å². The third kappa shape index (κ3) is 2.68. The Hall–Kier alpha value is -0.740. The number of nitrogens with zero attached hydrogens (tertiary/aromatic N) is 3. The third-order valence-corrected chi connectivity index (χ3v) is 4.83. The summed E-state index contributed by atoms with van der Waals surface area (Å²) >= 11 is 5.99. The smallest absolute Gasteiger partial charge is 0.224 e. The van der Waals surface area contributed by atoms with Gasteiger partial charge in [-0.25, -0.2) is 4.98 Å². The van der Waals surface area contributed by atoms with Gasteiger partial charge in [0.15, 0.2) is 0 Å². The fraction of sp³-hybridized carbons (Fsp3) is 0.571. The van der Waals surface area contributed by atoms with E-state index in [1.807, 2.05) is 6.07 Å². The second-order valence-corrected chi connectivity index (χ2v) is 6.46. The summed E-state index contributed by atoms with van der Waals surface area (Å²) in [5, 5.41) is 14.2. The Labute approximate surface area is 131 Å². The molecule has 5 nitrogen and oxygen atoms in total. The molecule has 1 aliphatic rings. The van der Waals surface area contributed by atoms with Crippen molar-refractivity contribution < 1.29 is 5.11 Å². The molecule has 114 valence electrons. The number of aliphatic hydroxyl groups excluding tert-OH is 1. The number of aliphatic hydroxyl groups is 1. The lowest BCUT2D eigenvalue weighted by molar-refractivity contribution is 0.182. The van der Waals surface area contributed by atoms with Crippen molar-refractivity contribution in [3.05, 3.63) is 23.2 Å². The van der Waals surface area contributed by atoms with Crippen LogP contribution in [0.15, 0.2) is 12.3 Å². The van der Waals surface area contributed by atoms with Crippen LogP contribution in [0.3, 0.4) is 0 Å². The van der Waals surface area contributed by atoms with Gasteiger partial charge in [-0.2, -0.15) is 4.98 Å². The summed E-state index contributed by atoms with van der Waals surface area (Å²) in [5.74, 6) is 0. The molecule has 1 aliphatic carbocycles. The first-order valence-corrected chi connectivity index (χ1v) is 8.23. The molecule has 1 saturated carbocycles. The zero-order valence-corrected chi connectivity index (χ0v) is 13.8. The van der Waals surface area contributed by atoms with Crippen LogP contribution in [0.1, 0.15) is 37.8 Å². The highest BCUT2D eigenvalue weighted by molar-refractivity contribution is 7.13. The topological polar surface area (TPSA) is 63.0 Å². The predicted octanol–water partition coefficient (Wildman–Crippen LogP) is 2.62. The van der Waals surface area contributed by atoms with E-state index < -0.39 is 0 Å². The lowest BCUT2D eigenvalue weighted by Gasteiger charge is -2.40. The zero-order valence-electron chi connectivity index (χ0n) is 11.8. The van der Waals surface area contributed by atoms with Crippen LogP contribution in [0.2, 0.25) is 5.28 Å². The molecule has 0 radical (unpaired) electrons. The largest absolute Gasteiger partial charge is 0.390 e. The van der Waals surface area contributed by atoms with E-state index in [2.05, 4.69) is 29.0 Å². The molecule has 1 fully saturated rings. The summed E-state index contributed by atoms with van der Waals surface area (Å²) in [4.78, 5) is 8.47. The minimum absolute atomic E-state index is 0.00735. The lowest BCUT2D eigenvalue weighted by atomic mass is 9.81. The molecular weight excluding hydrogens is 307 g/mol. The van der Waals surface area contributed by atoms with E-state index in [9.17, 15) is 5.11 Å². The summed E-state index contributed by atoms with van der Waals surface area (Å²) in [5.41, 5.74) is 1.64. The Morgan fingerprint density at radius 1 is 1.38 bits per heavy atom. The molecule has 0 saturated heterocycles. The number of fused-ring (bicyclic) bond motifs is 1. The van der Waals surface area contributed by atoms with E-state index in [0.29, 0.717) is 0 Å². The maximum absolute atomic E-state index is 9.77. The van der Waals surface area contributed by atoms with E-state index in [0.717, 1.165) is 36.1 Å². The molecule has 0 amide bonds. The fourth-order valence-electron chi connectivity index (χ4n) is 3.55. The van der Waals surface area contributed by atoms with Gasteiger partial charge in [-0.1, -0.05) is 28.7 Å². The Kier molecular flexibility index (Phi) is 4.46. The van der Waals surface area contributed by atoms with Crippen molar-refractivity contribution in [1.82, 2.24) is 19.6 Å². The number of nitrogens with one attached hydrogen (secondary N) is 1. The Bertz CT molecular complexity index is 634. The minimum atomic E-state index is -0.0580. The quantitative estimate of drug-likeness (QED) is 0.669. The monoisotopic (exact) mass is 326 g/mol. The second kappa shape index (κ2) is 6.17. The lowest BCUT2D eigenvalue weighted by Crippen LogP contribution is -2.43. The van der Waals surface area contributed by atoms with Gasteiger partial charge < -0.3 is 9.67 Å². The SMILES string of the molecule is OCc1cc2cnc(Cl)nc2n1C1(CNP)CCCCC1. The first-order chi connectivity index (χ1) is 10.2. The zero-order chi connectivity index (χ0) is 14.9. The summed E-state index contributed by atoms with van der Waals surface area (Å²) in [6, 6.07) is 1.96. The Morgan fingerprint density at radius 2 is 2.14 bits per heavy atom. The maximum Gasteiger partial charge on any atom is 0.224 e. The normalized spacial score (nSPS) is 18.2. The Balaban J connectivity index is 2.21. The molecule has 0 bridgehead atoms. The van der Waals surface area contributed by atoms with Gasteiger partial charge in [0.25, 0.3) is 0 Å². The molecule has 0 aliphatic heterocycles. The van der Waals surface area contributed by atoms with Crippen LogP contribution in [-0.4, -0.2) is 26.2 Å². The highest BCUT2D eigenvalue weighted by Crippen LogP contribution is 2.38. The van der Waals surface area contributed by atoms with Crippen molar-refractivity contribution in [2.45, 2.75) is 44.2 Å². The van der Waals surface area contributed by atoms with Crippen LogP contribution in [0.5, 0.6) is 0 Å². The molecular formula is C14H20ClN4OP. The summed E-state index contributed by atoms with van der Waals surface area (Å²) in [6.07, 6.45) is 7.53. The van der Waals surface area contributed by atoms with Crippen molar-refractivity contribution in [3.8, 4) is 0 Å². The molecule has 2 aromatic heterocycles.